The van der Waals surface area contributed by atoms with Crippen LogP contribution in [0.3, 0.4) is 0 Å². The van der Waals surface area contributed by atoms with E-state index >= 15 is 0 Å². The topological polar surface area (TPSA) is 115 Å². The summed E-state index contributed by atoms with van der Waals surface area (Å²) in [6.07, 6.45) is 1.77. The van der Waals surface area contributed by atoms with Crippen LogP contribution in [0.15, 0.2) is 54.7 Å². The molecule has 0 saturated heterocycles. The smallest absolute Gasteiger partial charge is 0.269 e. The number of nitrogens with two attached hydrogens (primary N) is 1. The first-order chi connectivity index (χ1) is 13.6. The number of benzene rings is 2. The van der Waals surface area contributed by atoms with Gasteiger partial charge in [-0.05, 0) is 29.8 Å². The third kappa shape index (κ3) is 3.91. The first-order valence-corrected chi connectivity index (χ1v) is 9.06. The summed E-state index contributed by atoms with van der Waals surface area (Å²) in [6, 6.07) is 16.0. The van der Waals surface area contributed by atoms with Crippen molar-refractivity contribution < 1.29 is 4.79 Å². The lowest BCUT2D eigenvalue weighted by molar-refractivity contribution is 0.0945. The zero-order chi connectivity index (χ0) is 19.5. The Morgan fingerprint density at radius 2 is 2.04 bits per heavy atom. The number of aromatic nitrogens is 5. The van der Waals surface area contributed by atoms with Gasteiger partial charge >= 0.3 is 0 Å². The highest BCUT2D eigenvalue weighted by atomic mass is 16.1. The Kier molecular flexibility index (Phi) is 4.86. The van der Waals surface area contributed by atoms with Crippen molar-refractivity contribution >= 4 is 16.7 Å². The molecule has 0 aliphatic heterocycles. The van der Waals surface area contributed by atoms with Crippen LogP contribution in [0.2, 0.25) is 0 Å². The lowest BCUT2D eigenvalue weighted by atomic mass is 10.1. The molecule has 0 aliphatic carbocycles. The zero-order valence-corrected chi connectivity index (χ0v) is 15.5. The molecule has 4 N–H and O–H groups in total. The van der Waals surface area contributed by atoms with Crippen molar-refractivity contribution in [1.29, 1.82) is 0 Å². The molecule has 0 bridgehead atoms. The first-order valence-electron chi connectivity index (χ1n) is 9.06. The molecule has 1 amide bonds. The minimum absolute atomic E-state index is 0.0114. The number of hydrogen-bond acceptors (Lipinski definition) is 5. The van der Waals surface area contributed by atoms with Gasteiger partial charge in [-0.3, -0.25) is 14.6 Å². The fourth-order valence-corrected chi connectivity index (χ4v) is 3.00. The summed E-state index contributed by atoms with van der Waals surface area (Å²) < 4.78 is 1.67. The fourth-order valence-electron chi connectivity index (χ4n) is 3.00. The standard InChI is InChI=1S/C20H21N7O/c1-13(21)11-27-12-17(23-26-27)10-22-20(28)19-9-18(24-25-19)16-7-6-14-4-2-3-5-15(14)8-16/h2-9,12-13H,10-11,21H2,1H3,(H,22,28)(H,24,25)/t13-/m0/s1. The van der Waals surface area contributed by atoms with E-state index in [4.69, 9.17) is 5.73 Å². The number of rotatable bonds is 6. The van der Waals surface area contributed by atoms with Crippen molar-refractivity contribution in [2.24, 2.45) is 5.73 Å². The van der Waals surface area contributed by atoms with Gasteiger partial charge in [-0.25, -0.2) is 0 Å². The van der Waals surface area contributed by atoms with Crippen LogP contribution in [0, 0.1) is 0 Å². The average molecular weight is 375 g/mol. The number of carbonyl (C=O) groups is 1. The van der Waals surface area contributed by atoms with E-state index in [-0.39, 0.29) is 18.5 Å². The summed E-state index contributed by atoms with van der Waals surface area (Å²) in [5, 5.41) is 20.2. The summed E-state index contributed by atoms with van der Waals surface area (Å²) in [7, 11) is 0. The van der Waals surface area contributed by atoms with Gasteiger partial charge in [0, 0.05) is 11.6 Å². The van der Waals surface area contributed by atoms with Crippen LogP contribution in [-0.4, -0.2) is 37.1 Å². The van der Waals surface area contributed by atoms with Gasteiger partial charge < -0.3 is 11.1 Å². The van der Waals surface area contributed by atoms with Gasteiger partial charge in [0.05, 0.1) is 25.0 Å². The minimum Gasteiger partial charge on any atom is -0.345 e. The maximum Gasteiger partial charge on any atom is 0.269 e. The van der Waals surface area contributed by atoms with E-state index in [1.54, 1.807) is 16.9 Å². The van der Waals surface area contributed by atoms with Crippen molar-refractivity contribution in [2.75, 3.05) is 0 Å². The minimum atomic E-state index is -0.249. The normalized spacial score (nSPS) is 12.2. The van der Waals surface area contributed by atoms with Gasteiger partial charge in [0.2, 0.25) is 0 Å². The summed E-state index contributed by atoms with van der Waals surface area (Å²) in [6.45, 7) is 2.76. The van der Waals surface area contributed by atoms with E-state index in [9.17, 15) is 4.79 Å². The van der Waals surface area contributed by atoms with Crippen LogP contribution in [0.1, 0.15) is 23.1 Å². The van der Waals surface area contributed by atoms with Crippen molar-refractivity contribution in [3.05, 3.63) is 66.1 Å². The van der Waals surface area contributed by atoms with Gasteiger partial charge in [0.15, 0.2) is 0 Å². The monoisotopic (exact) mass is 375 g/mol. The maximum atomic E-state index is 12.4. The third-order valence-electron chi connectivity index (χ3n) is 4.36. The van der Waals surface area contributed by atoms with Crippen LogP contribution in [0.5, 0.6) is 0 Å². The molecule has 8 nitrogen and oxygen atoms in total. The van der Waals surface area contributed by atoms with E-state index in [1.165, 1.54) is 0 Å². The highest BCUT2D eigenvalue weighted by Crippen LogP contribution is 2.23. The Morgan fingerprint density at radius 1 is 1.21 bits per heavy atom. The highest BCUT2D eigenvalue weighted by molar-refractivity contribution is 5.94. The van der Waals surface area contributed by atoms with Gasteiger partial charge in [-0.15, -0.1) is 5.10 Å². The van der Waals surface area contributed by atoms with Crippen molar-refractivity contribution in [3.63, 3.8) is 0 Å². The Balaban J connectivity index is 1.43. The number of fused-ring (bicyclic) bond motifs is 1. The lowest BCUT2D eigenvalue weighted by Gasteiger charge is -2.02. The molecular weight excluding hydrogens is 354 g/mol. The Bertz CT molecular complexity index is 1110. The summed E-state index contributed by atoms with van der Waals surface area (Å²) >= 11 is 0. The number of hydrogen-bond donors (Lipinski definition) is 3. The maximum absolute atomic E-state index is 12.4. The molecule has 8 heteroatoms. The Labute approximate surface area is 161 Å². The Hall–Kier alpha value is -3.52. The lowest BCUT2D eigenvalue weighted by Crippen LogP contribution is -2.23. The van der Waals surface area contributed by atoms with Gasteiger partial charge in [0.1, 0.15) is 11.4 Å². The van der Waals surface area contributed by atoms with Gasteiger partial charge in [-0.1, -0.05) is 41.6 Å². The van der Waals surface area contributed by atoms with Crippen molar-refractivity contribution in [3.8, 4) is 11.3 Å². The molecule has 2 aromatic heterocycles. The van der Waals surface area contributed by atoms with Gasteiger partial charge in [0.25, 0.3) is 5.91 Å². The van der Waals surface area contributed by atoms with Crippen LogP contribution in [0.4, 0.5) is 0 Å². The van der Waals surface area contributed by atoms with Crippen molar-refractivity contribution in [1.82, 2.24) is 30.5 Å². The van der Waals surface area contributed by atoms with Crippen LogP contribution >= 0.6 is 0 Å². The number of aromatic amines is 1. The number of amides is 1. The van der Waals surface area contributed by atoms with E-state index in [0.29, 0.717) is 17.9 Å². The second-order valence-corrected chi connectivity index (χ2v) is 6.82. The quantitative estimate of drug-likeness (QED) is 0.477. The number of carbonyl (C=O) groups excluding carboxylic acids is 1. The number of nitrogens with one attached hydrogen (secondary N) is 2. The molecule has 0 saturated carbocycles. The molecule has 2 aromatic carbocycles. The molecule has 0 unspecified atom stereocenters. The Morgan fingerprint density at radius 3 is 2.86 bits per heavy atom. The molecule has 4 rings (SSSR count). The summed E-state index contributed by atoms with van der Waals surface area (Å²) in [5.74, 6) is -0.249. The second-order valence-electron chi connectivity index (χ2n) is 6.82. The molecule has 0 fully saturated rings. The predicted octanol–water partition coefficient (Wildman–Crippen LogP) is 2.10. The molecule has 142 valence electrons. The molecule has 28 heavy (non-hydrogen) atoms. The summed E-state index contributed by atoms with van der Waals surface area (Å²) in [4.78, 5) is 12.4. The summed E-state index contributed by atoms with van der Waals surface area (Å²) in [5.41, 5.74) is 8.48. The number of H-pyrrole nitrogens is 1. The van der Waals surface area contributed by atoms with Crippen molar-refractivity contribution in [2.45, 2.75) is 26.1 Å². The zero-order valence-electron chi connectivity index (χ0n) is 15.5. The second kappa shape index (κ2) is 7.61. The molecule has 0 spiro atoms. The predicted molar refractivity (Wildman–Crippen MR) is 106 cm³/mol. The average Bonchev–Trinajstić information content (AvgIpc) is 3.35. The largest absolute Gasteiger partial charge is 0.345 e. The number of nitrogens with zero attached hydrogens (tertiary/aromatic N) is 4. The molecule has 0 radical (unpaired) electrons. The molecular formula is C20H21N7O. The molecule has 2 heterocycles. The molecule has 1 atom stereocenters. The van der Waals surface area contributed by atoms with E-state index in [0.717, 1.165) is 22.0 Å². The SMILES string of the molecule is C[C@H](N)Cn1cc(CNC(=O)c2cc(-c3ccc4ccccc4c3)n[nH]2)nn1. The third-order valence-corrected chi connectivity index (χ3v) is 4.36. The molecule has 4 aromatic rings. The fraction of sp³-hybridized carbons (Fsp3) is 0.200. The van der Waals surface area contributed by atoms with Gasteiger partial charge in [-0.2, -0.15) is 5.10 Å². The highest BCUT2D eigenvalue weighted by Gasteiger charge is 2.12. The van der Waals surface area contributed by atoms with Crippen LogP contribution in [0.25, 0.3) is 22.0 Å². The van der Waals surface area contributed by atoms with E-state index in [1.807, 2.05) is 31.2 Å². The van der Waals surface area contributed by atoms with E-state index < -0.39 is 0 Å². The first kappa shape index (κ1) is 17.9. The van der Waals surface area contributed by atoms with Crippen LogP contribution < -0.4 is 11.1 Å². The molecule has 0 aliphatic rings. The van der Waals surface area contributed by atoms with E-state index in [2.05, 4.69) is 44.0 Å². The van der Waals surface area contributed by atoms with Crippen LogP contribution in [-0.2, 0) is 13.1 Å².